The topological polar surface area (TPSA) is 41.5 Å². The monoisotopic (exact) mass is 189 g/mol. The predicted octanol–water partition coefficient (Wildman–Crippen LogP) is 1.02. The highest BCUT2D eigenvalue weighted by Gasteiger charge is 2.09. The minimum Gasteiger partial charge on any atom is -0.395 e. The van der Waals surface area contributed by atoms with E-state index in [0.29, 0.717) is 5.92 Å². The van der Waals surface area contributed by atoms with Crippen molar-refractivity contribution in [1.82, 2.24) is 5.32 Å². The molecule has 0 aliphatic heterocycles. The van der Waals surface area contributed by atoms with Crippen LogP contribution >= 0.6 is 0 Å². The second-order valence-electron chi connectivity index (χ2n) is 3.69. The Morgan fingerprint density at radius 2 is 2.00 bits per heavy atom. The second kappa shape index (κ2) is 8.48. The lowest BCUT2D eigenvalue weighted by Crippen LogP contribution is -2.37. The van der Waals surface area contributed by atoms with Gasteiger partial charge in [-0.05, 0) is 25.3 Å². The van der Waals surface area contributed by atoms with Crippen molar-refractivity contribution in [2.75, 3.05) is 26.9 Å². The molecule has 0 rings (SSSR count). The molecular formula is C10H23NO2. The first-order valence-electron chi connectivity index (χ1n) is 5.05. The molecule has 3 nitrogen and oxygen atoms in total. The van der Waals surface area contributed by atoms with Gasteiger partial charge in [-0.25, -0.2) is 0 Å². The van der Waals surface area contributed by atoms with Crippen LogP contribution in [0.15, 0.2) is 0 Å². The maximum absolute atomic E-state index is 9.01. The summed E-state index contributed by atoms with van der Waals surface area (Å²) in [5, 5.41) is 12.3. The molecule has 0 aliphatic carbocycles. The smallest absolute Gasteiger partial charge is 0.0587 e. The van der Waals surface area contributed by atoms with Crippen LogP contribution in [0.5, 0.6) is 0 Å². The van der Waals surface area contributed by atoms with Crippen LogP contribution in [0.4, 0.5) is 0 Å². The Balaban J connectivity index is 3.28. The zero-order valence-electron chi connectivity index (χ0n) is 9.05. The highest BCUT2D eigenvalue weighted by atomic mass is 16.5. The standard InChI is InChI=1S/C10H23NO2/c1-9(2)10(8-12)11-6-4-5-7-13-3/h9-12H,4-8H2,1-3H3/t10-/m1/s1. The summed E-state index contributed by atoms with van der Waals surface area (Å²) in [6, 6.07) is 0.238. The van der Waals surface area contributed by atoms with Crippen LogP contribution in [-0.2, 0) is 4.74 Å². The molecule has 0 fully saturated rings. The third-order valence-electron chi connectivity index (χ3n) is 2.18. The minimum absolute atomic E-state index is 0.224. The number of unbranched alkanes of at least 4 members (excludes halogenated alkanes) is 1. The van der Waals surface area contributed by atoms with Gasteiger partial charge in [-0.2, -0.15) is 0 Å². The number of rotatable bonds is 8. The zero-order valence-corrected chi connectivity index (χ0v) is 9.05. The van der Waals surface area contributed by atoms with E-state index in [-0.39, 0.29) is 12.6 Å². The molecule has 0 heterocycles. The molecule has 2 N–H and O–H groups in total. The van der Waals surface area contributed by atoms with E-state index in [2.05, 4.69) is 19.2 Å². The van der Waals surface area contributed by atoms with Gasteiger partial charge < -0.3 is 15.2 Å². The number of hydrogen-bond acceptors (Lipinski definition) is 3. The second-order valence-corrected chi connectivity index (χ2v) is 3.69. The van der Waals surface area contributed by atoms with E-state index in [9.17, 15) is 0 Å². The molecule has 0 aromatic rings. The molecule has 0 aromatic carbocycles. The summed E-state index contributed by atoms with van der Waals surface area (Å²) in [7, 11) is 1.72. The van der Waals surface area contributed by atoms with E-state index in [4.69, 9.17) is 9.84 Å². The number of nitrogens with one attached hydrogen (secondary N) is 1. The minimum atomic E-state index is 0.224. The molecule has 0 saturated carbocycles. The number of hydrogen-bond donors (Lipinski definition) is 2. The Kier molecular flexibility index (Phi) is 8.40. The molecule has 80 valence electrons. The fourth-order valence-electron chi connectivity index (χ4n) is 1.17. The first kappa shape index (κ1) is 12.9. The molecule has 13 heavy (non-hydrogen) atoms. The van der Waals surface area contributed by atoms with Gasteiger partial charge in [-0.15, -0.1) is 0 Å². The van der Waals surface area contributed by atoms with Gasteiger partial charge in [0, 0.05) is 19.8 Å². The Morgan fingerprint density at radius 1 is 1.31 bits per heavy atom. The fourth-order valence-corrected chi connectivity index (χ4v) is 1.17. The molecule has 0 amide bonds. The molecule has 0 unspecified atom stereocenters. The zero-order chi connectivity index (χ0) is 10.1. The average Bonchev–Trinajstić information content (AvgIpc) is 2.10. The number of aliphatic hydroxyl groups excluding tert-OH is 1. The van der Waals surface area contributed by atoms with Crippen molar-refractivity contribution in [3.8, 4) is 0 Å². The molecular weight excluding hydrogens is 166 g/mol. The lowest BCUT2D eigenvalue weighted by molar-refractivity contribution is 0.187. The fraction of sp³-hybridized carbons (Fsp3) is 1.00. The van der Waals surface area contributed by atoms with Crippen LogP contribution in [0.2, 0.25) is 0 Å². The van der Waals surface area contributed by atoms with E-state index in [1.807, 2.05) is 0 Å². The van der Waals surface area contributed by atoms with Crippen LogP contribution in [0.25, 0.3) is 0 Å². The Labute approximate surface area is 81.5 Å². The highest BCUT2D eigenvalue weighted by molar-refractivity contribution is 4.68. The quantitative estimate of drug-likeness (QED) is 0.560. The van der Waals surface area contributed by atoms with Crippen LogP contribution < -0.4 is 5.32 Å². The van der Waals surface area contributed by atoms with E-state index >= 15 is 0 Å². The lowest BCUT2D eigenvalue weighted by atomic mass is 10.1. The third-order valence-corrected chi connectivity index (χ3v) is 2.18. The maximum Gasteiger partial charge on any atom is 0.0587 e. The number of aliphatic hydroxyl groups is 1. The van der Waals surface area contributed by atoms with Crippen molar-refractivity contribution < 1.29 is 9.84 Å². The third kappa shape index (κ3) is 6.99. The van der Waals surface area contributed by atoms with Gasteiger partial charge in [-0.3, -0.25) is 0 Å². The Bertz CT molecular complexity index is 107. The summed E-state index contributed by atoms with van der Waals surface area (Å²) in [5.41, 5.74) is 0. The Hall–Kier alpha value is -0.120. The van der Waals surface area contributed by atoms with Crippen molar-refractivity contribution >= 4 is 0 Å². The largest absolute Gasteiger partial charge is 0.395 e. The molecule has 0 spiro atoms. The first-order valence-corrected chi connectivity index (χ1v) is 5.05. The predicted molar refractivity (Wildman–Crippen MR) is 54.8 cm³/mol. The highest BCUT2D eigenvalue weighted by Crippen LogP contribution is 2.00. The summed E-state index contributed by atoms with van der Waals surface area (Å²) < 4.78 is 4.95. The van der Waals surface area contributed by atoms with Crippen LogP contribution in [0.3, 0.4) is 0 Å². The van der Waals surface area contributed by atoms with Gasteiger partial charge in [0.05, 0.1) is 6.61 Å². The molecule has 3 heteroatoms. The van der Waals surface area contributed by atoms with Crippen LogP contribution in [0.1, 0.15) is 26.7 Å². The summed E-state index contributed by atoms with van der Waals surface area (Å²) >= 11 is 0. The molecule has 0 aliphatic rings. The van der Waals surface area contributed by atoms with Crippen molar-refractivity contribution in [3.63, 3.8) is 0 Å². The number of methoxy groups -OCH3 is 1. The average molecular weight is 189 g/mol. The van der Waals surface area contributed by atoms with Gasteiger partial charge in [0.2, 0.25) is 0 Å². The maximum atomic E-state index is 9.01. The van der Waals surface area contributed by atoms with Crippen LogP contribution in [-0.4, -0.2) is 38.0 Å². The SMILES string of the molecule is COCCCCN[C@H](CO)C(C)C. The van der Waals surface area contributed by atoms with Gasteiger partial charge in [-0.1, -0.05) is 13.8 Å². The molecule has 0 radical (unpaired) electrons. The first-order chi connectivity index (χ1) is 6.22. The van der Waals surface area contributed by atoms with Gasteiger partial charge >= 0.3 is 0 Å². The van der Waals surface area contributed by atoms with Crippen LogP contribution in [0, 0.1) is 5.92 Å². The lowest BCUT2D eigenvalue weighted by Gasteiger charge is -2.19. The Morgan fingerprint density at radius 3 is 2.46 bits per heavy atom. The van der Waals surface area contributed by atoms with E-state index in [1.165, 1.54) is 0 Å². The van der Waals surface area contributed by atoms with Crippen molar-refractivity contribution in [2.24, 2.45) is 5.92 Å². The molecule has 0 aromatic heterocycles. The van der Waals surface area contributed by atoms with E-state index < -0.39 is 0 Å². The van der Waals surface area contributed by atoms with Crippen molar-refractivity contribution in [3.05, 3.63) is 0 Å². The summed E-state index contributed by atoms with van der Waals surface area (Å²) in [4.78, 5) is 0. The summed E-state index contributed by atoms with van der Waals surface area (Å²) in [6.07, 6.45) is 2.19. The molecule has 0 bridgehead atoms. The van der Waals surface area contributed by atoms with E-state index in [1.54, 1.807) is 7.11 Å². The summed E-state index contributed by atoms with van der Waals surface area (Å²) in [5.74, 6) is 0.493. The van der Waals surface area contributed by atoms with Gasteiger partial charge in [0.1, 0.15) is 0 Å². The number of ether oxygens (including phenoxy) is 1. The van der Waals surface area contributed by atoms with Crippen molar-refractivity contribution in [1.29, 1.82) is 0 Å². The molecule has 0 saturated heterocycles. The van der Waals surface area contributed by atoms with Crippen molar-refractivity contribution in [2.45, 2.75) is 32.7 Å². The summed E-state index contributed by atoms with van der Waals surface area (Å²) in [6.45, 7) is 6.24. The van der Waals surface area contributed by atoms with E-state index in [0.717, 1.165) is 26.0 Å². The van der Waals surface area contributed by atoms with Gasteiger partial charge in [0.25, 0.3) is 0 Å². The normalized spacial score (nSPS) is 13.6. The molecule has 1 atom stereocenters. The van der Waals surface area contributed by atoms with Gasteiger partial charge in [0.15, 0.2) is 0 Å².